The monoisotopic (exact) mass is 203 g/mol. The first kappa shape index (κ1) is 13.4. The lowest BCUT2D eigenvalue weighted by molar-refractivity contribution is -0.141. The second-order valence-electron chi connectivity index (χ2n) is 3.19. The van der Waals surface area contributed by atoms with E-state index in [-0.39, 0.29) is 12.0 Å². The summed E-state index contributed by atoms with van der Waals surface area (Å²) < 4.78 is 9.75. The van der Waals surface area contributed by atoms with Crippen LogP contribution in [-0.4, -0.2) is 38.9 Å². The van der Waals surface area contributed by atoms with Gasteiger partial charge in [0.15, 0.2) is 0 Å². The van der Waals surface area contributed by atoms with Crippen molar-refractivity contribution < 1.29 is 14.3 Å². The lowest BCUT2D eigenvalue weighted by Gasteiger charge is -2.11. The highest BCUT2D eigenvalue weighted by atomic mass is 16.5. The van der Waals surface area contributed by atoms with Crippen molar-refractivity contribution in [3.63, 3.8) is 0 Å². The summed E-state index contributed by atoms with van der Waals surface area (Å²) in [5.74, 6) is -0.171. The number of methoxy groups -OCH3 is 1. The second-order valence-corrected chi connectivity index (χ2v) is 3.19. The van der Waals surface area contributed by atoms with Gasteiger partial charge in [0, 0.05) is 19.3 Å². The van der Waals surface area contributed by atoms with Crippen LogP contribution in [0.4, 0.5) is 0 Å². The van der Waals surface area contributed by atoms with Crippen molar-refractivity contribution in [2.24, 2.45) is 0 Å². The lowest BCUT2D eigenvalue weighted by Crippen LogP contribution is -2.30. The van der Waals surface area contributed by atoms with Crippen molar-refractivity contribution in [1.29, 1.82) is 0 Å². The Bertz CT molecular complexity index is 150. The van der Waals surface area contributed by atoms with Crippen molar-refractivity contribution in [3.05, 3.63) is 0 Å². The molecule has 0 aliphatic carbocycles. The van der Waals surface area contributed by atoms with E-state index in [4.69, 9.17) is 4.74 Å². The highest BCUT2D eigenvalue weighted by Gasteiger charge is 2.07. The number of rotatable bonds is 8. The maximum Gasteiger partial charge on any atom is 0.307 e. The van der Waals surface area contributed by atoms with Gasteiger partial charge in [-0.05, 0) is 26.8 Å². The van der Waals surface area contributed by atoms with E-state index in [9.17, 15) is 4.79 Å². The topological polar surface area (TPSA) is 47.6 Å². The molecule has 4 nitrogen and oxygen atoms in total. The zero-order valence-electron chi connectivity index (χ0n) is 9.34. The second kappa shape index (κ2) is 8.97. The van der Waals surface area contributed by atoms with E-state index in [0.29, 0.717) is 6.42 Å². The minimum Gasteiger partial charge on any atom is -0.469 e. The summed E-state index contributed by atoms with van der Waals surface area (Å²) in [4.78, 5) is 10.9. The van der Waals surface area contributed by atoms with Crippen molar-refractivity contribution in [2.45, 2.75) is 32.7 Å². The Morgan fingerprint density at radius 3 is 2.79 bits per heavy atom. The van der Waals surface area contributed by atoms with Gasteiger partial charge in [-0.25, -0.2) is 0 Å². The average Bonchev–Trinajstić information content (AvgIpc) is 2.17. The van der Waals surface area contributed by atoms with Gasteiger partial charge in [-0.1, -0.05) is 0 Å². The molecule has 0 aromatic heterocycles. The highest BCUT2D eigenvalue weighted by Crippen LogP contribution is 1.93. The SMILES string of the molecule is CCOCCCN[C@H](C)CC(=O)OC. The maximum absolute atomic E-state index is 10.9. The van der Waals surface area contributed by atoms with Crippen LogP contribution in [0.15, 0.2) is 0 Å². The van der Waals surface area contributed by atoms with Crippen molar-refractivity contribution in [1.82, 2.24) is 5.32 Å². The Hall–Kier alpha value is -0.610. The minimum atomic E-state index is -0.171. The highest BCUT2D eigenvalue weighted by molar-refractivity contribution is 5.69. The molecule has 0 bridgehead atoms. The third-order valence-corrected chi connectivity index (χ3v) is 1.86. The van der Waals surface area contributed by atoms with E-state index in [0.717, 1.165) is 26.2 Å². The first-order valence-electron chi connectivity index (χ1n) is 5.08. The predicted octanol–water partition coefficient (Wildman–Crippen LogP) is 0.954. The van der Waals surface area contributed by atoms with Gasteiger partial charge >= 0.3 is 5.97 Å². The molecule has 4 heteroatoms. The fourth-order valence-corrected chi connectivity index (χ4v) is 1.07. The fourth-order valence-electron chi connectivity index (χ4n) is 1.07. The normalized spacial score (nSPS) is 12.5. The van der Waals surface area contributed by atoms with Crippen LogP contribution in [0.25, 0.3) is 0 Å². The average molecular weight is 203 g/mol. The van der Waals surface area contributed by atoms with Gasteiger partial charge in [0.05, 0.1) is 13.5 Å². The summed E-state index contributed by atoms with van der Waals surface area (Å²) >= 11 is 0. The van der Waals surface area contributed by atoms with E-state index in [1.54, 1.807) is 0 Å². The molecule has 84 valence electrons. The molecule has 0 saturated heterocycles. The molecule has 0 unspecified atom stereocenters. The van der Waals surface area contributed by atoms with Crippen LogP contribution in [0.1, 0.15) is 26.7 Å². The molecule has 0 heterocycles. The van der Waals surface area contributed by atoms with Gasteiger partial charge in [0.1, 0.15) is 0 Å². The van der Waals surface area contributed by atoms with Crippen molar-refractivity contribution in [2.75, 3.05) is 26.9 Å². The summed E-state index contributed by atoms with van der Waals surface area (Å²) in [5, 5.41) is 3.23. The Balaban J connectivity index is 3.26. The Morgan fingerprint density at radius 1 is 1.50 bits per heavy atom. The van der Waals surface area contributed by atoms with Crippen LogP contribution in [0, 0.1) is 0 Å². The number of hydrogen-bond donors (Lipinski definition) is 1. The van der Waals surface area contributed by atoms with Crippen LogP contribution in [0.2, 0.25) is 0 Å². The molecule has 0 spiro atoms. The first-order chi connectivity index (χ1) is 6.70. The molecule has 0 aliphatic heterocycles. The number of ether oxygens (including phenoxy) is 2. The molecule has 0 saturated carbocycles. The summed E-state index contributed by atoms with van der Waals surface area (Å²) in [6.07, 6.45) is 1.39. The maximum atomic E-state index is 10.9. The summed E-state index contributed by atoms with van der Waals surface area (Å²) in [6.45, 7) is 6.36. The van der Waals surface area contributed by atoms with E-state index < -0.39 is 0 Å². The molecule has 0 rings (SSSR count). The van der Waals surface area contributed by atoms with Gasteiger partial charge in [0.25, 0.3) is 0 Å². The third-order valence-electron chi connectivity index (χ3n) is 1.86. The molecule has 1 N–H and O–H groups in total. The predicted molar refractivity (Wildman–Crippen MR) is 55.2 cm³/mol. The third kappa shape index (κ3) is 8.01. The van der Waals surface area contributed by atoms with Crippen LogP contribution < -0.4 is 5.32 Å². The summed E-state index contributed by atoms with van der Waals surface area (Å²) in [5.41, 5.74) is 0. The zero-order chi connectivity index (χ0) is 10.8. The van der Waals surface area contributed by atoms with Crippen LogP contribution in [0.5, 0.6) is 0 Å². The van der Waals surface area contributed by atoms with E-state index >= 15 is 0 Å². The molecule has 0 aromatic rings. The van der Waals surface area contributed by atoms with E-state index in [2.05, 4.69) is 10.1 Å². The van der Waals surface area contributed by atoms with Gasteiger partial charge in [0.2, 0.25) is 0 Å². The van der Waals surface area contributed by atoms with Crippen LogP contribution in [0.3, 0.4) is 0 Å². The Labute approximate surface area is 86.0 Å². The molecular weight excluding hydrogens is 182 g/mol. The Kier molecular flexibility index (Phi) is 8.57. The van der Waals surface area contributed by atoms with E-state index in [1.807, 2.05) is 13.8 Å². The molecule has 0 radical (unpaired) electrons. The van der Waals surface area contributed by atoms with E-state index in [1.165, 1.54) is 7.11 Å². The van der Waals surface area contributed by atoms with Crippen LogP contribution >= 0.6 is 0 Å². The minimum absolute atomic E-state index is 0.170. The number of carbonyl (C=O) groups excluding carboxylic acids is 1. The molecule has 0 aromatic carbocycles. The number of esters is 1. The Morgan fingerprint density at radius 2 is 2.21 bits per heavy atom. The molecule has 1 atom stereocenters. The molecule has 0 aliphatic rings. The quantitative estimate of drug-likeness (QED) is 0.471. The number of carbonyl (C=O) groups is 1. The largest absolute Gasteiger partial charge is 0.469 e. The van der Waals surface area contributed by atoms with Gasteiger partial charge < -0.3 is 14.8 Å². The fraction of sp³-hybridized carbons (Fsp3) is 0.900. The van der Waals surface area contributed by atoms with Gasteiger partial charge in [-0.3, -0.25) is 4.79 Å². The lowest BCUT2D eigenvalue weighted by atomic mass is 10.2. The van der Waals surface area contributed by atoms with Crippen LogP contribution in [-0.2, 0) is 14.3 Å². The zero-order valence-corrected chi connectivity index (χ0v) is 9.34. The molecule has 14 heavy (non-hydrogen) atoms. The van der Waals surface area contributed by atoms with Gasteiger partial charge in [-0.2, -0.15) is 0 Å². The standard InChI is InChI=1S/C10H21NO3/c1-4-14-7-5-6-11-9(2)8-10(12)13-3/h9,11H,4-8H2,1-3H3/t9-/m1/s1. The smallest absolute Gasteiger partial charge is 0.307 e. The molecule has 0 fully saturated rings. The molecular formula is C10H21NO3. The van der Waals surface area contributed by atoms with Crippen molar-refractivity contribution in [3.8, 4) is 0 Å². The summed E-state index contributed by atoms with van der Waals surface area (Å²) in [7, 11) is 1.41. The van der Waals surface area contributed by atoms with Gasteiger partial charge in [-0.15, -0.1) is 0 Å². The summed E-state index contributed by atoms with van der Waals surface area (Å²) in [6, 6.07) is 0.170. The first-order valence-corrected chi connectivity index (χ1v) is 5.08. The number of nitrogens with one attached hydrogen (secondary N) is 1. The number of hydrogen-bond acceptors (Lipinski definition) is 4. The molecule has 0 amide bonds. The van der Waals surface area contributed by atoms with Crippen molar-refractivity contribution >= 4 is 5.97 Å².